The Hall–Kier alpha value is -2.96. The Balaban J connectivity index is 1.73. The normalized spacial score (nSPS) is 24.3. The molecule has 7 heteroatoms. The molecule has 3 aliphatic rings. The molecule has 1 aromatic carbocycles. The van der Waals surface area contributed by atoms with Gasteiger partial charge in [-0.05, 0) is 42.0 Å². The van der Waals surface area contributed by atoms with Gasteiger partial charge in [0.25, 0.3) is 0 Å². The van der Waals surface area contributed by atoms with Crippen LogP contribution in [-0.2, 0) is 4.79 Å². The van der Waals surface area contributed by atoms with Crippen LogP contribution in [0.2, 0.25) is 0 Å². The molecule has 2 aliphatic heterocycles. The number of nitrogens with zero attached hydrogens (tertiary/aromatic N) is 1. The number of allylic oxidation sites excluding steroid dienone is 2. The van der Waals surface area contributed by atoms with Crippen LogP contribution in [0.1, 0.15) is 34.7 Å². The van der Waals surface area contributed by atoms with E-state index in [1.807, 2.05) is 0 Å². The number of ether oxygens (including phenoxy) is 1. The fourth-order valence-electron chi connectivity index (χ4n) is 4.04. The highest BCUT2D eigenvalue weighted by molar-refractivity contribution is 6.07. The van der Waals surface area contributed by atoms with Crippen molar-refractivity contribution in [2.45, 2.75) is 18.8 Å². The molecule has 1 aliphatic carbocycles. The number of methoxy groups -OCH3 is 1. The van der Waals surface area contributed by atoms with Gasteiger partial charge < -0.3 is 15.2 Å². The van der Waals surface area contributed by atoms with Crippen LogP contribution in [0.25, 0.3) is 0 Å². The van der Waals surface area contributed by atoms with E-state index in [0.717, 1.165) is 11.1 Å². The number of carbonyl (C=O) groups is 2. The number of hydrogen-bond acceptors (Lipinski definition) is 4. The zero-order chi connectivity index (χ0) is 18.4. The van der Waals surface area contributed by atoms with Gasteiger partial charge in [0.15, 0.2) is 0 Å². The third-order valence-corrected chi connectivity index (χ3v) is 5.19. The average Bonchev–Trinajstić information content (AvgIpc) is 2.82. The highest BCUT2D eigenvalue weighted by atomic mass is 19.1. The fourth-order valence-corrected chi connectivity index (χ4v) is 4.04. The summed E-state index contributed by atoms with van der Waals surface area (Å²) in [6.07, 6.45) is 2.50. The van der Waals surface area contributed by atoms with Crippen molar-refractivity contribution < 1.29 is 23.8 Å². The first kappa shape index (κ1) is 16.5. The Bertz CT molecular complexity index is 916. The van der Waals surface area contributed by atoms with Gasteiger partial charge >= 0.3 is 5.97 Å². The summed E-state index contributed by atoms with van der Waals surface area (Å²) >= 11 is 0. The maximum atomic E-state index is 14.2. The zero-order valence-corrected chi connectivity index (χ0v) is 14.1. The van der Waals surface area contributed by atoms with Crippen molar-refractivity contribution in [1.29, 1.82) is 0 Å². The standard InChI is InChI=1S/C19H17FN2O4/c1-26-15-6-9(19(24)25)2-3-12(15)10-4-11-8-21-16(23)7-13-17(11)14(5-10)22-18(13)20/h2-3,6-7,10-11H,4-5,8H2,1H3,(H,21,23)(H,24,25). The van der Waals surface area contributed by atoms with Crippen LogP contribution in [0.3, 0.4) is 0 Å². The molecule has 0 spiro atoms. The third-order valence-electron chi connectivity index (χ3n) is 5.19. The summed E-state index contributed by atoms with van der Waals surface area (Å²) in [5, 5.41) is 12.0. The van der Waals surface area contributed by atoms with Crippen molar-refractivity contribution in [3.05, 3.63) is 52.2 Å². The van der Waals surface area contributed by atoms with Crippen molar-refractivity contribution in [1.82, 2.24) is 5.32 Å². The van der Waals surface area contributed by atoms with Crippen LogP contribution in [-0.4, -0.2) is 36.6 Å². The van der Waals surface area contributed by atoms with Crippen molar-refractivity contribution in [2.24, 2.45) is 10.9 Å². The Labute approximate surface area is 149 Å². The van der Waals surface area contributed by atoms with Crippen molar-refractivity contribution >= 4 is 17.8 Å². The number of amides is 1. The molecule has 134 valence electrons. The number of benzene rings is 1. The smallest absolute Gasteiger partial charge is 0.335 e. The second-order valence-corrected chi connectivity index (χ2v) is 6.66. The van der Waals surface area contributed by atoms with E-state index in [9.17, 15) is 14.0 Å². The van der Waals surface area contributed by atoms with Gasteiger partial charge in [-0.25, -0.2) is 9.79 Å². The van der Waals surface area contributed by atoms with Gasteiger partial charge in [0.2, 0.25) is 11.9 Å². The number of carboxylic acids is 1. The summed E-state index contributed by atoms with van der Waals surface area (Å²) in [6.45, 7) is 0.423. The van der Waals surface area contributed by atoms with Gasteiger partial charge in [0.05, 0.1) is 12.7 Å². The lowest BCUT2D eigenvalue weighted by molar-refractivity contribution is -0.116. The molecule has 0 bridgehead atoms. The summed E-state index contributed by atoms with van der Waals surface area (Å²) < 4.78 is 19.6. The lowest BCUT2D eigenvalue weighted by Gasteiger charge is -2.31. The summed E-state index contributed by atoms with van der Waals surface area (Å²) in [5.41, 5.74) is 2.80. The molecule has 6 nitrogen and oxygen atoms in total. The third kappa shape index (κ3) is 2.60. The molecule has 0 aromatic heterocycles. The lowest BCUT2D eigenvalue weighted by atomic mass is 9.75. The number of aliphatic imine (C=N–C) groups is 1. The second kappa shape index (κ2) is 6.09. The molecule has 1 aromatic rings. The van der Waals surface area contributed by atoms with Gasteiger partial charge in [-0.3, -0.25) is 4.79 Å². The minimum atomic E-state index is -1.02. The molecular weight excluding hydrogens is 339 g/mol. The van der Waals surface area contributed by atoms with Crippen LogP contribution < -0.4 is 10.1 Å². The number of carbonyl (C=O) groups excluding carboxylic acids is 1. The molecule has 0 saturated carbocycles. The van der Waals surface area contributed by atoms with Gasteiger partial charge in [-0.1, -0.05) is 6.07 Å². The quantitative estimate of drug-likeness (QED) is 0.871. The molecule has 2 N–H and O–H groups in total. The van der Waals surface area contributed by atoms with Crippen LogP contribution in [0.4, 0.5) is 4.39 Å². The van der Waals surface area contributed by atoms with Gasteiger partial charge in [0, 0.05) is 29.8 Å². The first-order valence-corrected chi connectivity index (χ1v) is 8.36. The molecule has 2 atom stereocenters. The van der Waals surface area contributed by atoms with Crippen molar-refractivity contribution in [3.63, 3.8) is 0 Å². The minimum absolute atomic E-state index is 0.00227. The maximum absolute atomic E-state index is 14.2. The Morgan fingerprint density at radius 2 is 2.19 bits per heavy atom. The number of carboxylic acid groups (broad SMARTS) is 1. The number of nitrogens with one attached hydrogen (secondary N) is 1. The summed E-state index contributed by atoms with van der Waals surface area (Å²) in [7, 11) is 1.50. The highest BCUT2D eigenvalue weighted by Crippen LogP contribution is 2.48. The summed E-state index contributed by atoms with van der Waals surface area (Å²) in [4.78, 5) is 27.0. The largest absolute Gasteiger partial charge is 0.496 e. The van der Waals surface area contributed by atoms with E-state index in [0.29, 0.717) is 36.4 Å². The monoisotopic (exact) mass is 356 g/mol. The van der Waals surface area contributed by atoms with Gasteiger partial charge in [-0.2, -0.15) is 4.39 Å². The molecule has 0 radical (unpaired) electrons. The van der Waals surface area contributed by atoms with E-state index in [1.165, 1.54) is 19.3 Å². The number of halogens is 1. The molecule has 4 rings (SSSR count). The van der Waals surface area contributed by atoms with E-state index < -0.39 is 11.9 Å². The van der Waals surface area contributed by atoms with Crippen molar-refractivity contribution in [2.75, 3.05) is 13.7 Å². The van der Waals surface area contributed by atoms with E-state index in [4.69, 9.17) is 9.84 Å². The topological polar surface area (TPSA) is 88.0 Å². The van der Waals surface area contributed by atoms with Crippen LogP contribution in [0.5, 0.6) is 5.75 Å². The average molecular weight is 356 g/mol. The molecule has 26 heavy (non-hydrogen) atoms. The predicted molar refractivity (Wildman–Crippen MR) is 92.1 cm³/mol. The SMILES string of the molecule is COc1cc(C(=O)O)ccc1C1CC2=C3C(=CC(=O)NCC3C1)C(F)=N2. The number of rotatable bonds is 3. The maximum Gasteiger partial charge on any atom is 0.335 e. The first-order valence-electron chi connectivity index (χ1n) is 8.36. The molecule has 2 heterocycles. The molecule has 1 amide bonds. The highest BCUT2D eigenvalue weighted by Gasteiger charge is 2.39. The van der Waals surface area contributed by atoms with Crippen LogP contribution >= 0.6 is 0 Å². The van der Waals surface area contributed by atoms with E-state index in [2.05, 4.69) is 10.3 Å². The minimum Gasteiger partial charge on any atom is -0.496 e. The van der Waals surface area contributed by atoms with E-state index >= 15 is 0 Å². The van der Waals surface area contributed by atoms with E-state index in [1.54, 1.807) is 12.1 Å². The molecule has 2 unspecified atom stereocenters. The predicted octanol–water partition coefficient (Wildman–Crippen LogP) is 2.58. The fraction of sp³-hybridized carbons (Fsp3) is 0.316. The van der Waals surface area contributed by atoms with Crippen LogP contribution in [0, 0.1) is 5.92 Å². The number of hydrogen-bond donors (Lipinski definition) is 2. The Kier molecular flexibility index (Phi) is 3.86. The lowest BCUT2D eigenvalue weighted by Crippen LogP contribution is -2.29. The summed E-state index contributed by atoms with van der Waals surface area (Å²) in [6, 6.07) is 4.79. The van der Waals surface area contributed by atoms with Crippen LogP contribution in [0.15, 0.2) is 46.1 Å². The molecular formula is C19H17FN2O4. The second-order valence-electron chi connectivity index (χ2n) is 6.66. The van der Waals surface area contributed by atoms with Gasteiger partial charge in [-0.15, -0.1) is 0 Å². The molecule has 0 fully saturated rings. The Morgan fingerprint density at radius 3 is 2.92 bits per heavy atom. The van der Waals surface area contributed by atoms with Gasteiger partial charge in [0.1, 0.15) is 5.75 Å². The first-order chi connectivity index (χ1) is 12.5. The summed E-state index contributed by atoms with van der Waals surface area (Å²) in [5.74, 6) is -1.48. The Morgan fingerprint density at radius 1 is 1.38 bits per heavy atom. The van der Waals surface area contributed by atoms with E-state index in [-0.39, 0.29) is 23.3 Å². The van der Waals surface area contributed by atoms with Crippen molar-refractivity contribution in [3.8, 4) is 5.75 Å². The zero-order valence-electron chi connectivity index (χ0n) is 14.1. The molecule has 0 saturated heterocycles. The number of aromatic carboxylic acids is 1.